The Balaban J connectivity index is 1.76. The fourth-order valence-corrected chi connectivity index (χ4v) is 3.57. The number of rotatable bonds is 8. The Labute approximate surface area is 168 Å². The molecule has 1 amide bonds. The van der Waals surface area contributed by atoms with Gasteiger partial charge < -0.3 is 15.3 Å². The van der Waals surface area contributed by atoms with Gasteiger partial charge in [-0.1, -0.05) is 18.2 Å². The first-order valence-electron chi connectivity index (χ1n) is 9.13. The lowest BCUT2D eigenvalue weighted by Crippen LogP contribution is -2.41. The number of hydrogen-bond donors (Lipinski definition) is 2. The molecule has 0 radical (unpaired) electrons. The van der Waals surface area contributed by atoms with Crippen LogP contribution in [0.4, 0.5) is 10.2 Å². The van der Waals surface area contributed by atoms with Crippen molar-refractivity contribution in [1.29, 1.82) is 0 Å². The van der Waals surface area contributed by atoms with Gasteiger partial charge in [0.2, 0.25) is 0 Å². The number of aromatic nitrogens is 1. The first-order valence-corrected chi connectivity index (χ1v) is 10.5. The molecule has 2 N–H and O–H groups in total. The smallest absolute Gasteiger partial charge is 0.264 e. The summed E-state index contributed by atoms with van der Waals surface area (Å²) in [5.41, 5.74) is 1.52. The zero-order chi connectivity index (χ0) is 20.1. The van der Waals surface area contributed by atoms with Gasteiger partial charge in [-0.25, -0.2) is 9.37 Å². The van der Waals surface area contributed by atoms with Crippen LogP contribution >= 0.6 is 11.8 Å². The number of pyridine rings is 1. The van der Waals surface area contributed by atoms with E-state index in [9.17, 15) is 14.3 Å². The zero-order valence-corrected chi connectivity index (χ0v) is 16.7. The summed E-state index contributed by atoms with van der Waals surface area (Å²) in [4.78, 5) is 22.8. The summed E-state index contributed by atoms with van der Waals surface area (Å²) in [7, 11) is 0. The second-order valence-corrected chi connectivity index (χ2v) is 7.65. The Hall–Kier alpha value is -2.32. The third-order valence-electron chi connectivity index (χ3n) is 4.64. The quantitative estimate of drug-likeness (QED) is 0.703. The number of para-hydroxylation sites is 1. The number of thioether (sulfide) groups is 1. The minimum atomic E-state index is -0.522. The molecule has 28 heavy (non-hydrogen) atoms. The SMILES string of the molecule is CSCCC(CO)Nc1ccc2c(n1)C(C)C(=O)N(Oc1ccccc1F)C2. The van der Waals surface area contributed by atoms with Gasteiger partial charge in [-0.3, -0.25) is 4.79 Å². The van der Waals surface area contributed by atoms with Crippen molar-refractivity contribution in [1.82, 2.24) is 10.0 Å². The van der Waals surface area contributed by atoms with Crippen molar-refractivity contribution in [2.24, 2.45) is 0 Å². The summed E-state index contributed by atoms with van der Waals surface area (Å²) >= 11 is 1.72. The minimum Gasteiger partial charge on any atom is -0.394 e. The predicted molar refractivity (Wildman–Crippen MR) is 108 cm³/mol. The average molecular weight is 405 g/mol. The van der Waals surface area contributed by atoms with Gasteiger partial charge in [0.1, 0.15) is 5.82 Å². The number of aliphatic hydroxyl groups is 1. The molecule has 0 saturated heterocycles. The predicted octanol–water partition coefficient (Wildman–Crippen LogP) is 3.19. The first kappa shape index (κ1) is 20.4. The highest BCUT2D eigenvalue weighted by molar-refractivity contribution is 7.98. The molecule has 2 atom stereocenters. The summed E-state index contributed by atoms with van der Waals surface area (Å²) in [5, 5.41) is 13.9. The van der Waals surface area contributed by atoms with Gasteiger partial charge in [-0.05, 0) is 49.1 Å². The Morgan fingerprint density at radius 1 is 1.39 bits per heavy atom. The van der Waals surface area contributed by atoms with Crippen LogP contribution in [-0.4, -0.2) is 45.7 Å². The van der Waals surface area contributed by atoms with E-state index in [0.717, 1.165) is 17.7 Å². The molecule has 8 heteroatoms. The highest BCUT2D eigenvalue weighted by atomic mass is 32.2. The van der Waals surface area contributed by atoms with Gasteiger partial charge in [0.15, 0.2) is 11.6 Å². The maximum atomic E-state index is 13.9. The number of hydrogen-bond acceptors (Lipinski definition) is 6. The lowest BCUT2D eigenvalue weighted by atomic mass is 9.97. The molecule has 2 unspecified atom stereocenters. The third kappa shape index (κ3) is 4.56. The van der Waals surface area contributed by atoms with Crippen LogP contribution in [0.15, 0.2) is 36.4 Å². The minimum absolute atomic E-state index is 0.0114. The number of nitrogens with zero attached hydrogens (tertiary/aromatic N) is 2. The van der Waals surface area contributed by atoms with Crippen molar-refractivity contribution >= 4 is 23.5 Å². The number of carbonyl (C=O) groups is 1. The first-order chi connectivity index (χ1) is 13.5. The topological polar surface area (TPSA) is 74.7 Å². The van der Waals surface area contributed by atoms with E-state index in [0.29, 0.717) is 11.5 Å². The lowest BCUT2D eigenvalue weighted by Gasteiger charge is -2.31. The van der Waals surface area contributed by atoms with E-state index in [1.165, 1.54) is 17.2 Å². The van der Waals surface area contributed by atoms with Crippen molar-refractivity contribution in [2.75, 3.05) is 23.9 Å². The molecule has 3 rings (SSSR count). The normalized spacial score (nSPS) is 17.2. The van der Waals surface area contributed by atoms with E-state index < -0.39 is 11.7 Å². The lowest BCUT2D eigenvalue weighted by molar-refractivity contribution is -0.163. The molecule has 0 aliphatic carbocycles. The summed E-state index contributed by atoms with van der Waals surface area (Å²) in [6.07, 6.45) is 2.84. The van der Waals surface area contributed by atoms with Crippen molar-refractivity contribution in [3.05, 3.63) is 53.5 Å². The maximum absolute atomic E-state index is 13.9. The molecule has 2 heterocycles. The summed E-state index contributed by atoms with van der Waals surface area (Å²) in [5.74, 6) is 0.254. The summed E-state index contributed by atoms with van der Waals surface area (Å²) in [6.45, 7) is 1.96. The van der Waals surface area contributed by atoms with Crippen molar-refractivity contribution < 1.29 is 19.1 Å². The van der Waals surface area contributed by atoms with Crippen molar-refractivity contribution in [2.45, 2.75) is 31.8 Å². The number of hydroxylamine groups is 2. The number of nitrogens with one attached hydrogen (secondary N) is 1. The van der Waals surface area contributed by atoms with Gasteiger partial charge >= 0.3 is 0 Å². The molecule has 6 nitrogen and oxygen atoms in total. The number of halogens is 1. The van der Waals surface area contributed by atoms with Crippen molar-refractivity contribution in [3.8, 4) is 5.75 Å². The Kier molecular flexibility index (Phi) is 6.74. The van der Waals surface area contributed by atoms with Crippen LogP contribution in [0.3, 0.4) is 0 Å². The molecule has 1 aliphatic rings. The molecule has 1 aromatic heterocycles. The molecule has 0 fully saturated rings. The average Bonchev–Trinajstić information content (AvgIpc) is 2.71. The van der Waals surface area contributed by atoms with Crippen LogP contribution in [0.1, 0.15) is 30.5 Å². The molecule has 1 aliphatic heterocycles. The monoisotopic (exact) mass is 405 g/mol. The van der Waals surface area contributed by atoms with Crippen LogP contribution < -0.4 is 10.2 Å². The Morgan fingerprint density at radius 2 is 2.18 bits per heavy atom. The number of anilines is 1. The largest absolute Gasteiger partial charge is 0.394 e. The fraction of sp³-hybridized carbons (Fsp3) is 0.400. The van der Waals surface area contributed by atoms with E-state index in [4.69, 9.17) is 4.84 Å². The van der Waals surface area contributed by atoms with Gasteiger partial charge in [0.05, 0.1) is 30.8 Å². The molecule has 150 valence electrons. The van der Waals surface area contributed by atoms with Gasteiger partial charge in [-0.15, -0.1) is 0 Å². The Morgan fingerprint density at radius 3 is 2.89 bits per heavy atom. The van der Waals surface area contributed by atoms with E-state index in [1.54, 1.807) is 30.8 Å². The molecule has 0 spiro atoms. The number of fused-ring (bicyclic) bond motifs is 1. The molecule has 1 aromatic carbocycles. The van der Waals surface area contributed by atoms with E-state index in [2.05, 4.69) is 10.3 Å². The van der Waals surface area contributed by atoms with Crippen LogP contribution in [0.2, 0.25) is 0 Å². The van der Waals surface area contributed by atoms with Crippen molar-refractivity contribution in [3.63, 3.8) is 0 Å². The third-order valence-corrected chi connectivity index (χ3v) is 5.28. The summed E-state index contributed by atoms with van der Waals surface area (Å²) in [6, 6.07) is 9.60. The number of aliphatic hydroxyl groups excluding tert-OH is 1. The second-order valence-electron chi connectivity index (χ2n) is 6.66. The Bertz CT molecular complexity index is 836. The van der Waals surface area contributed by atoms with Gasteiger partial charge in [0.25, 0.3) is 5.91 Å². The highest BCUT2D eigenvalue weighted by Crippen LogP contribution is 2.30. The van der Waals surface area contributed by atoms with Crippen LogP contribution in [0.5, 0.6) is 5.75 Å². The summed E-state index contributed by atoms with van der Waals surface area (Å²) < 4.78 is 13.9. The zero-order valence-electron chi connectivity index (χ0n) is 15.9. The second kappa shape index (κ2) is 9.25. The fourth-order valence-electron chi connectivity index (χ4n) is 3.05. The van der Waals surface area contributed by atoms with Gasteiger partial charge in [-0.2, -0.15) is 16.8 Å². The standard InChI is InChI=1S/C20H24FN3O3S/c1-13-19-14(7-8-18(23-19)22-15(12-25)9-10-28-2)11-24(20(13)26)27-17-6-4-3-5-16(17)21/h3-8,13,15,25H,9-12H2,1-2H3,(H,22,23). The molecule has 0 bridgehead atoms. The van der Waals surface area contributed by atoms with E-state index in [-0.39, 0.29) is 30.9 Å². The van der Waals surface area contributed by atoms with Crippen LogP contribution in [-0.2, 0) is 11.3 Å². The molecular weight excluding hydrogens is 381 g/mol. The number of benzene rings is 1. The van der Waals surface area contributed by atoms with E-state index in [1.807, 2.05) is 18.4 Å². The number of amides is 1. The maximum Gasteiger partial charge on any atom is 0.264 e. The highest BCUT2D eigenvalue weighted by Gasteiger charge is 2.33. The van der Waals surface area contributed by atoms with Gasteiger partial charge in [0, 0.05) is 0 Å². The molecule has 0 saturated carbocycles. The molecule has 2 aromatic rings. The van der Waals surface area contributed by atoms with E-state index >= 15 is 0 Å². The molecular formula is C20H24FN3O3S. The van der Waals surface area contributed by atoms with Crippen LogP contribution in [0.25, 0.3) is 0 Å². The van der Waals surface area contributed by atoms with Crippen LogP contribution in [0, 0.1) is 5.82 Å². The number of carbonyl (C=O) groups excluding carboxylic acids is 1.